The average molecular weight is 422 g/mol. The second-order valence-electron chi connectivity index (χ2n) is 6.62. The first-order chi connectivity index (χ1) is 13.5. The van der Waals surface area contributed by atoms with Crippen LogP contribution in [0.2, 0.25) is 0 Å². The molecule has 7 nitrogen and oxygen atoms in total. The molecule has 2 N–H and O–H groups in total. The third kappa shape index (κ3) is 5.93. The molecule has 0 bridgehead atoms. The Bertz CT molecular complexity index is 816. The lowest BCUT2D eigenvalue weighted by atomic mass is 10.2. The first-order valence-corrected chi connectivity index (χ1v) is 11.1. The van der Waals surface area contributed by atoms with E-state index in [1.54, 1.807) is 11.3 Å². The first-order valence-electron chi connectivity index (χ1n) is 9.30. The molecule has 1 aromatic heterocycles. The third-order valence-corrected chi connectivity index (χ3v) is 6.59. The van der Waals surface area contributed by atoms with Gasteiger partial charge in [0, 0.05) is 11.8 Å². The molecular formula is C19H23N3O4S2. The minimum absolute atomic E-state index is 0.116. The lowest BCUT2D eigenvalue weighted by molar-refractivity contribution is -0.154. The fourth-order valence-corrected chi connectivity index (χ4v) is 5.01. The second kappa shape index (κ2) is 9.88. The van der Waals surface area contributed by atoms with Crippen molar-refractivity contribution in [3.05, 3.63) is 24.3 Å². The maximum absolute atomic E-state index is 12.0. The number of rotatable bonds is 7. The van der Waals surface area contributed by atoms with Crippen molar-refractivity contribution in [2.24, 2.45) is 0 Å². The maximum atomic E-state index is 12.0. The van der Waals surface area contributed by atoms with Crippen LogP contribution in [0.4, 0.5) is 4.79 Å². The molecule has 0 radical (unpaired) electrons. The summed E-state index contributed by atoms with van der Waals surface area (Å²) >= 11 is 3.06. The van der Waals surface area contributed by atoms with Gasteiger partial charge in [-0.1, -0.05) is 36.7 Å². The van der Waals surface area contributed by atoms with Gasteiger partial charge in [-0.3, -0.25) is 14.9 Å². The minimum Gasteiger partial charge on any atom is -0.453 e. The van der Waals surface area contributed by atoms with Crippen molar-refractivity contribution in [2.45, 2.75) is 55.5 Å². The van der Waals surface area contributed by atoms with Gasteiger partial charge in [0.15, 0.2) is 10.4 Å². The van der Waals surface area contributed by atoms with Gasteiger partial charge in [-0.15, -0.1) is 11.3 Å². The van der Waals surface area contributed by atoms with Crippen LogP contribution in [-0.2, 0) is 14.3 Å². The minimum atomic E-state index is -1.02. The highest BCUT2D eigenvalue weighted by molar-refractivity contribution is 8.01. The van der Waals surface area contributed by atoms with E-state index in [1.165, 1.54) is 18.7 Å². The summed E-state index contributed by atoms with van der Waals surface area (Å²) in [5.41, 5.74) is 0.943. The summed E-state index contributed by atoms with van der Waals surface area (Å²) < 4.78 is 7.12. The Morgan fingerprint density at radius 3 is 2.79 bits per heavy atom. The van der Waals surface area contributed by atoms with Crippen molar-refractivity contribution in [3.8, 4) is 0 Å². The largest absolute Gasteiger partial charge is 0.453 e. The number of amides is 3. The predicted molar refractivity (Wildman–Crippen MR) is 109 cm³/mol. The standard InChI is InChI=1S/C19H23N3O4S2/c1-12(17(24)22-18(25)20-13-6-2-3-7-13)26-16(23)10-11-27-19-21-14-8-4-5-9-15(14)28-19/h4-5,8-9,12-13H,2-3,6-7,10-11H2,1H3,(H2,20,22,24,25)/t12-/m0/s1. The number of esters is 1. The number of carbonyl (C=O) groups excluding carboxylic acids is 3. The van der Waals surface area contributed by atoms with E-state index in [2.05, 4.69) is 15.6 Å². The zero-order chi connectivity index (χ0) is 19.9. The van der Waals surface area contributed by atoms with Crippen LogP contribution >= 0.6 is 23.1 Å². The molecule has 3 amide bonds. The van der Waals surface area contributed by atoms with E-state index < -0.39 is 24.0 Å². The molecule has 1 fully saturated rings. The summed E-state index contributed by atoms with van der Waals surface area (Å²) in [5, 5.41) is 4.99. The SMILES string of the molecule is C[C@H](OC(=O)CCSc1nc2ccccc2s1)C(=O)NC(=O)NC1CCCC1. The highest BCUT2D eigenvalue weighted by Gasteiger charge is 2.22. The number of nitrogens with one attached hydrogen (secondary N) is 2. The van der Waals surface area contributed by atoms with Crippen molar-refractivity contribution in [3.63, 3.8) is 0 Å². The Hall–Kier alpha value is -2.13. The first kappa shape index (κ1) is 20.6. The number of thioether (sulfide) groups is 1. The molecule has 1 aliphatic carbocycles. The number of hydrogen-bond donors (Lipinski definition) is 2. The van der Waals surface area contributed by atoms with Crippen LogP contribution in [0, 0.1) is 0 Å². The van der Waals surface area contributed by atoms with Gasteiger partial charge in [0.1, 0.15) is 0 Å². The molecular weight excluding hydrogens is 398 g/mol. The molecule has 0 aliphatic heterocycles. The van der Waals surface area contributed by atoms with E-state index in [0.717, 1.165) is 40.2 Å². The van der Waals surface area contributed by atoms with E-state index in [-0.39, 0.29) is 12.5 Å². The summed E-state index contributed by atoms with van der Waals surface area (Å²) in [6.45, 7) is 1.46. The number of ether oxygens (including phenoxy) is 1. The average Bonchev–Trinajstić information content (AvgIpc) is 3.30. The van der Waals surface area contributed by atoms with Crippen molar-refractivity contribution in [2.75, 3.05) is 5.75 Å². The summed E-state index contributed by atoms with van der Waals surface area (Å²) in [4.78, 5) is 40.3. The fraction of sp³-hybridized carbons (Fsp3) is 0.474. The van der Waals surface area contributed by atoms with Crippen LogP contribution in [0.1, 0.15) is 39.0 Å². The molecule has 28 heavy (non-hydrogen) atoms. The fourth-order valence-electron chi connectivity index (χ4n) is 2.95. The van der Waals surface area contributed by atoms with Gasteiger partial charge in [-0.25, -0.2) is 9.78 Å². The molecule has 1 atom stereocenters. The van der Waals surface area contributed by atoms with Crippen molar-refractivity contribution >= 4 is 51.2 Å². The smallest absolute Gasteiger partial charge is 0.321 e. The van der Waals surface area contributed by atoms with Crippen LogP contribution in [0.5, 0.6) is 0 Å². The molecule has 0 unspecified atom stereocenters. The second-order valence-corrected chi connectivity index (χ2v) is 8.99. The zero-order valence-corrected chi connectivity index (χ0v) is 17.2. The Morgan fingerprint density at radius 1 is 1.29 bits per heavy atom. The molecule has 0 spiro atoms. The van der Waals surface area contributed by atoms with Gasteiger partial charge in [-0.2, -0.15) is 0 Å². The number of fused-ring (bicyclic) bond motifs is 1. The predicted octanol–water partition coefficient (Wildman–Crippen LogP) is 3.48. The molecule has 1 heterocycles. The third-order valence-electron chi connectivity index (χ3n) is 4.41. The summed E-state index contributed by atoms with van der Waals surface area (Å²) in [6, 6.07) is 7.44. The molecule has 2 aromatic rings. The van der Waals surface area contributed by atoms with Crippen molar-refractivity contribution in [1.29, 1.82) is 0 Å². The van der Waals surface area contributed by atoms with Crippen LogP contribution in [0.25, 0.3) is 10.2 Å². The van der Waals surface area contributed by atoms with E-state index in [1.807, 2.05) is 24.3 Å². The van der Waals surface area contributed by atoms with Crippen LogP contribution in [-0.4, -0.2) is 40.8 Å². The number of imide groups is 1. The Kier molecular flexibility index (Phi) is 7.27. The van der Waals surface area contributed by atoms with Gasteiger partial charge < -0.3 is 10.1 Å². The summed E-state index contributed by atoms with van der Waals surface area (Å²) in [6.07, 6.45) is 3.17. The topological polar surface area (TPSA) is 97.4 Å². The Labute approximate surface area is 171 Å². The van der Waals surface area contributed by atoms with Crippen molar-refractivity contribution < 1.29 is 19.1 Å². The summed E-state index contributed by atoms with van der Waals surface area (Å²) in [5.74, 6) is -0.593. The van der Waals surface area contributed by atoms with Crippen LogP contribution < -0.4 is 10.6 Å². The van der Waals surface area contributed by atoms with E-state index in [9.17, 15) is 14.4 Å². The number of nitrogens with zero attached hydrogens (tertiary/aromatic N) is 1. The summed E-state index contributed by atoms with van der Waals surface area (Å²) in [7, 11) is 0. The molecule has 9 heteroatoms. The van der Waals surface area contributed by atoms with E-state index in [4.69, 9.17) is 4.74 Å². The van der Waals surface area contributed by atoms with E-state index in [0.29, 0.717) is 5.75 Å². The molecule has 1 aromatic carbocycles. The number of para-hydroxylation sites is 1. The normalized spacial score (nSPS) is 15.3. The number of aromatic nitrogens is 1. The van der Waals surface area contributed by atoms with E-state index >= 15 is 0 Å². The number of thiazole rings is 1. The maximum Gasteiger partial charge on any atom is 0.321 e. The zero-order valence-electron chi connectivity index (χ0n) is 15.6. The molecule has 1 saturated carbocycles. The van der Waals surface area contributed by atoms with Gasteiger partial charge in [0.05, 0.1) is 16.6 Å². The molecule has 150 valence electrons. The molecule has 0 saturated heterocycles. The lowest BCUT2D eigenvalue weighted by Gasteiger charge is -2.15. The van der Waals surface area contributed by atoms with Gasteiger partial charge in [0.25, 0.3) is 5.91 Å². The number of carbonyl (C=O) groups is 3. The van der Waals surface area contributed by atoms with Crippen molar-refractivity contribution in [1.82, 2.24) is 15.6 Å². The number of hydrogen-bond acceptors (Lipinski definition) is 7. The highest BCUT2D eigenvalue weighted by Crippen LogP contribution is 2.29. The number of urea groups is 1. The van der Waals surface area contributed by atoms with Crippen LogP contribution in [0.15, 0.2) is 28.6 Å². The Balaban J connectivity index is 1.36. The quantitative estimate of drug-likeness (QED) is 0.525. The van der Waals surface area contributed by atoms with Gasteiger partial charge in [-0.05, 0) is 31.9 Å². The molecule has 1 aliphatic rings. The Morgan fingerprint density at radius 2 is 2.04 bits per heavy atom. The van der Waals surface area contributed by atoms with Gasteiger partial charge in [0.2, 0.25) is 0 Å². The lowest BCUT2D eigenvalue weighted by Crippen LogP contribution is -2.47. The highest BCUT2D eigenvalue weighted by atomic mass is 32.2. The molecule has 3 rings (SSSR count). The monoisotopic (exact) mass is 421 g/mol. The van der Waals surface area contributed by atoms with Gasteiger partial charge >= 0.3 is 12.0 Å². The van der Waals surface area contributed by atoms with Crippen LogP contribution in [0.3, 0.4) is 0 Å². The number of benzene rings is 1.